The summed E-state index contributed by atoms with van der Waals surface area (Å²) >= 11 is 0. The number of anilines is 1. The molecule has 2 N–H and O–H groups in total. The highest BCUT2D eigenvalue weighted by Crippen LogP contribution is 2.31. The molecule has 0 radical (unpaired) electrons. The highest BCUT2D eigenvalue weighted by Gasteiger charge is 2.26. The van der Waals surface area contributed by atoms with Gasteiger partial charge in [0.05, 0.1) is 5.92 Å². The molecule has 1 amide bonds. The van der Waals surface area contributed by atoms with E-state index in [1.165, 1.54) is 0 Å². The van der Waals surface area contributed by atoms with E-state index >= 15 is 0 Å². The smallest absolute Gasteiger partial charge is 0.241 e. The highest BCUT2D eigenvalue weighted by atomic mass is 16.2. The van der Waals surface area contributed by atoms with Crippen LogP contribution >= 0.6 is 0 Å². The van der Waals surface area contributed by atoms with E-state index in [1.54, 1.807) is 5.01 Å². The molecule has 2 rings (SSSR count). The molecule has 0 spiro atoms. The lowest BCUT2D eigenvalue weighted by molar-refractivity contribution is -0.126. The molecule has 0 aliphatic carbocycles. The first kappa shape index (κ1) is 11.0. The van der Waals surface area contributed by atoms with Gasteiger partial charge in [0.25, 0.3) is 0 Å². The number of nitrogens with one attached hydrogen (secondary N) is 2. The molecule has 1 unspecified atom stereocenters. The second-order valence-corrected chi connectivity index (χ2v) is 4.23. The number of para-hydroxylation sites is 1. The summed E-state index contributed by atoms with van der Waals surface area (Å²) in [6.45, 7) is 0.850. The Kier molecular flexibility index (Phi) is 3.10. The Morgan fingerprint density at radius 2 is 2.19 bits per heavy atom. The standard InChI is InChI=1S/C12H17N3O/c1-15(2)14-12(16)10-7-8-13-11-6-4-3-5-9(10)11/h3-6,10,13H,7-8H2,1-2H3,(H,14,16). The van der Waals surface area contributed by atoms with Crippen LogP contribution in [0.4, 0.5) is 5.69 Å². The van der Waals surface area contributed by atoms with Gasteiger partial charge in [-0.25, -0.2) is 5.01 Å². The van der Waals surface area contributed by atoms with Crippen molar-refractivity contribution in [1.82, 2.24) is 10.4 Å². The van der Waals surface area contributed by atoms with E-state index in [1.807, 2.05) is 38.4 Å². The number of hydrogen-bond donors (Lipinski definition) is 2. The monoisotopic (exact) mass is 219 g/mol. The third-order valence-electron chi connectivity index (χ3n) is 2.73. The third-order valence-corrected chi connectivity index (χ3v) is 2.73. The maximum absolute atomic E-state index is 12.0. The van der Waals surface area contributed by atoms with E-state index in [0.717, 1.165) is 24.2 Å². The predicted molar refractivity (Wildman–Crippen MR) is 64.1 cm³/mol. The third kappa shape index (κ3) is 2.17. The summed E-state index contributed by atoms with van der Waals surface area (Å²) in [6.07, 6.45) is 0.844. The number of carbonyl (C=O) groups excluding carboxylic acids is 1. The van der Waals surface area contributed by atoms with Crippen molar-refractivity contribution in [3.63, 3.8) is 0 Å². The molecule has 1 heterocycles. The molecule has 1 aliphatic rings. The van der Waals surface area contributed by atoms with E-state index in [0.29, 0.717) is 0 Å². The molecule has 0 saturated carbocycles. The van der Waals surface area contributed by atoms with Gasteiger partial charge in [-0.3, -0.25) is 10.2 Å². The lowest BCUT2D eigenvalue weighted by Crippen LogP contribution is -2.40. The summed E-state index contributed by atoms with van der Waals surface area (Å²) in [6, 6.07) is 7.99. The fourth-order valence-electron chi connectivity index (χ4n) is 2.04. The number of hydrazine groups is 1. The number of nitrogens with zero attached hydrogens (tertiary/aromatic N) is 1. The van der Waals surface area contributed by atoms with E-state index in [2.05, 4.69) is 10.7 Å². The Labute approximate surface area is 95.6 Å². The Bertz CT molecular complexity index is 390. The zero-order chi connectivity index (χ0) is 11.5. The Balaban J connectivity index is 2.21. The summed E-state index contributed by atoms with van der Waals surface area (Å²) in [5.41, 5.74) is 4.99. The fourth-order valence-corrected chi connectivity index (χ4v) is 2.04. The lowest BCUT2D eigenvalue weighted by atomic mass is 9.90. The normalized spacial score (nSPS) is 18.8. The van der Waals surface area contributed by atoms with Crippen LogP contribution < -0.4 is 10.7 Å². The summed E-state index contributed by atoms with van der Waals surface area (Å²) < 4.78 is 0. The van der Waals surface area contributed by atoms with Crippen LogP contribution in [0.5, 0.6) is 0 Å². The molecular formula is C12H17N3O. The molecule has 0 aromatic heterocycles. The van der Waals surface area contributed by atoms with Crippen molar-refractivity contribution in [2.45, 2.75) is 12.3 Å². The first-order chi connectivity index (χ1) is 7.68. The minimum atomic E-state index is -0.0418. The number of hydrogen-bond acceptors (Lipinski definition) is 3. The van der Waals surface area contributed by atoms with Crippen LogP contribution in [0.15, 0.2) is 24.3 Å². The SMILES string of the molecule is CN(C)NC(=O)C1CCNc2ccccc21. The van der Waals surface area contributed by atoms with Crippen LogP contribution in [0.2, 0.25) is 0 Å². The van der Waals surface area contributed by atoms with Gasteiger partial charge >= 0.3 is 0 Å². The van der Waals surface area contributed by atoms with E-state index in [9.17, 15) is 4.79 Å². The molecule has 86 valence electrons. The summed E-state index contributed by atoms with van der Waals surface area (Å²) in [5, 5.41) is 4.99. The number of rotatable bonds is 2. The quantitative estimate of drug-likeness (QED) is 0.734. The van der Waals surface area contributed by atoms with Gasteiger partial charge in [-0.2, -0.15) is 0 Å². The molecule has 0 bridgehead atoms. The van der Waals surface area contributed by atoms with Crippen LogP contribution in [0.25, 0.3) is 0 Å². The minimum Gasteiger partial charge on any atom is -0.385 e. The largest absolute Gasteiger partial charge is 0.385 e. The van der Waals surface area contributed by atoms with E-state index < -0.39 is 0 Å². The molecule has 1 aromatic carbocycles. The molecule has 4 nitrogen and oxygen atoms in total. The van der Waals surface area contributed by atoms with Gasteiger partial charge in [-0.05, 0) is 18.1 Å². The Hall–Kier alpha value is -1.55. The Morgan fingerprint density at radius 3 is 2.94 bits per heavy atom. The molecule has 16 heavy (non-hydrogen) atoms. The second-order valence-electron chi connectivity index (χ2n) is 4.23. The van der Waals surface area contributed by atoms with Crippen molar-refractivity contribution in [2.24, 2.45) is 0 Å². The fraction of sp³-hybridized carbons (Fsp3) is 0.417. The van der Waals surface area contributed by atoms with Crippen molar-refractivity contribution in [3.8, 4) is 0 Å². The van der Waals surface area contributed by atoms with Crippen molar-refractivity contribution >= 4 is 11.6 Å². The van der Waals surface area contributed by atoms with Crippen molar-refractivity contribution < 1.29 is 4.79 Å². The van der Waals surface area contributed by atoms with Crippen molar-refractivity contribution in [1.29, 1.82) is 0 Å². The van der Waals surface area contributed by atoms with Gasteiger partial charge in [-0.1, -0.05) is 18.2 Å². The molecule has 1 aliphatic heterocycles. The van der Waals surface area contributed by atoms with Crippen LogP contribution in [0.1, 0.15) is 17.9 Å². The first-order valence-corrected chi connectivity index (χ1v) is 5.49. The number of amides is 1. The molecular weight excluding hydrogens is 202 g/mol. The summed E-state index contributed by atoms with van der Waals surface area (Å²) in [7, 11) is 3.65. The van der Waals surface area contributed by atoms with Crippen molar-refractivity contribution in [3.05, 3.63) is 29.8 Å². The maximum atomic E-state index is 12.0. The maximum Gasteiger partial charge on any atom is 0.241 e. The summed E-state index contributed by atoms with van der Waals surface area (Å²) in [5.74, 6) is 0.0267. The minimum absolute atomic E-state index is 0.0418. The molecule has 1 atom stereocenters. The molecule has 4 heteroatoms. The Morgan fingerprint density at radius 1 is 1.44 bits per heavy atom. The average molecular weight is 219 g/mol. The summed E-state index contributed by atoms with van der Waals surface area (Å²) in [4.78, 5) is 12.0. The molecule has 0 fully saturated rings. The number of carbonyl (C=O) groups is 1. The van der Waals surface area contributed by atoms with Crippen LogP contribution in [-0.2, 0) is 4.79 Å². The molecule has 0 saturated heterocycles. The van der Waals surface area contributed by atoms with Gasteiger partial charge in [0.1, 0.15) is 0 Å². The average Bonchev–Trinajstić information content (AvgIpc) is 2.27. The van der Waals surface area contributed by atoms with E-state index in [4.69, 9.17) is 0 Å². The predicted octanol–water partition coefficient (Wildman–Crippen LogP) is 1.18. The van der Waals surface area contributed by atoms with Gasteiger partial charge in [0, 0.05) is 26.3 Å². The van der Waals surface area contributed by atoms with Gasteiger partial charge in [0.15, 0.2) is 0 Å². The highest BCUT2D eigenvalue weighted by molar-refractivity contribution is 5.85. The zero-order valence-electron chi connectivity index (χ0n) is 9.66. The van der Waals surface area contributed by atoms with E-state index in [-0.39, 0.29) is 11.8 Å². The number of fused-ring (bicyclic) bond motifs is 1. The van der Waals surface area contributed by atoms with Crippen LogP contribution in [0, 0.1) is 0 Å². The van der Waals surface area contributed by atoms with Crippen LogP contribution in [0.3, 0.4) is 0 Å². The van der Waals surface area contributed by atoms with Crippen molar-refractivity contribution in [2.75, 3.05) is 26.0 Å². The van der Waals surface area contributed by atoms with Gasteiger partial charge in [0.2, 0.25) is 5.91 Å². The van der Waals surface area contributed by atoms with Crippen LogP contribution in [-0.4, -0.2) is 31.6 Å². The second kappa shape index (κ2) is 4.53. The molecule has 1 aromatic rings. The topological polar surface area (TPSA) is 44.4 Å². The lowest BCUT2D eigenvalue weighted by Gasteiger charge is -2.26. The number of benzene rings is 1. The zero-order valence-corrected chi connectivity index (χ0v) is 9.66. The first-order valence-electron chi connectivity index (χ1n) is 5.49. The van der Waals surface area contributed by atoms with Gasteiger partial charge < -0.3 is 5.32 Å². The van der Waals surface area contributed by atoms with Gasteiger partial charge in [-0.15, -0.1) is 0 Å².